The number of nitrogen functional groups attached to an aromatic ring is 1. The van der Waals surface area contributed by atoms with Crippen LogP contribution in [-0.4, -0.2) is 57.9 Å². The molecule has 1 aliphatic rings. The zero-order valence-electron chi connectivity index (χ0n) is 18.3. The van der Waals surface area contributed by atoms with E-state index < -0.39 is 0 Å². The Hall–Kier alpha value is -4.06. The van der Waals surface area contributed by atoms with Crippen LogP contribution in [0.15, 0.2) is 31.0 Å². The maximum absolute atomic E-state index is 12.0. The van der Waals surface area contributed by atoms with Crippen LogP contribution in [0.2, 0.25) is 0 Å². The molecule has 1 unspecified atom stereocenters. The van der Waals surface area contributed by atoms with Gasteiger partial charge in [0.15, 0.2) is 0 Å². The van der Waals surface area contributed by atoms with Crippen LogP contribution >= 0.6 is 0 Å². The molecule has 0 bridgehead atoms. The van der Waals surface area contributed by atoms with E-state index in [1.54, 1.807) is 23.2 Å². The van der Waals surface area contributed by atoms with Crippen LogP contribution in [0, 0.1) is 18.8 Å². The minimum Gasteiger partial charge on any atom is -0.481 e. The summed E-state index contributed by atoms with van der Waals surface area (Å²) in [6.07, 6.45) is 3.85. The van der Waals surface area contributed by atoms with E-state index in [9.17, 15) is 4.79 Å². The molecule has 0 aliphatic carbocycles. The molecule has 1 atom stereocenters. The maximum Gasteiger partial charge on any atom is 0.246 e. The molecule has 32 heavy (non-hydrogen) atoms. The summed E-state index contributed by atoms with van der Waals surface area (Å²) in [7, 11) is 3.07. The Kier molecular flexibility index (Phi) is 5.69. The molecule has 4 rings (SSSR count). The second-order valence-electron chi connectivity index (χ2n) is 7.46. The summed E-state index contributed by atoms with van der Waals surface area (Å²) in [6.45, 7) is 6.74. The minimum absolute atomic E-state index is 0.0126. The van der Waals surface area contributed by atoms with E-state index in [0.717, 1.165) is 17.5 Å². The van der Waals surface area contributed by atoms with Crippen molar-refractivity contribution in [2.24, 2.45) is 0 Å². The predicted octanol–water partition coefficient (Wildman–Crippen LogP) is 2.09. The number of anilines is 1. The van der Waals surface area contributed by atoms with Crippen molar-refractivity contribution in [3.8, 4) is 23.6 Å². The molecule has 0 aromatic carbocycles. The molecule has 2 N–H and O–H groups in total. The maximum atomic E-state index is 12.0. The van der Waals surface area contributed by atoms with E-state index in [0.29, 0.717) is 47.3 Å². The molecule has 3 aromatic rings. The average molecular weight is 432 g/mol. The van der Waals surface area contributed by atoms with Crippen molar-refractivity contribution in [1.82, 2.24) is 24.6 Å². The number of aryl methyl sites for hydroxylation is 1. The molecule has 9 nitrogen and oxygen atoms in total. The molecule has 1 aliphatic heterocycles. The first-order chi connectivity index (χ1) is 15.4. The monoisotopic (exact) mass is 432 g/mol. The van der Waals surface area contributed by atoms with Gasteiger partial charge in [0.1, 0.15) is 11.5 Å². The van der Waals surface area contributed by atoms with E-state index in [-0.39, 0.29) is 11.9 Å². The fraction of sp³-hybridized carbons (Fsp3) is 0.304. The number of fused-ring (bicyclic) bond motifs is 1. The minimum atomic E-state index is -0.0811. The third-order valence-electron chi connectivity index (χ3n) is 5.45. The van der Waals surface area contributed by atoms with Crippen molar-refractivity contribution >= 4 is 22.6 Å². The Morgan fingerprint density at radius 2 is 2.00 bits per heavy atom. The lowest BCUT2D eigenvalue weighted by Gasteiger charge is -2.15. The first-order valence-electron chi connectivity index (χ1n) is 10.1. The SMILES string of the molecule is C=CC(=O)N1CCC(n2nc(C#Cc3cc(OC)nc(OC)c3)c3c(N)ncc(C)c32)C1. The highest BCUT2D eigenvalue weighted by Gasteiger charge is 2.29. The fourth-order valence-corrected chi connectivity index (χ4v) is 3.86. The van der Waals surface area contributed by atoms with Crippen molar-refractivity contribution in [1.29, 1.82) is 0 Å². The summed E-state index contributed by atoms with van der Waals surface area (Å²) >= 11 is 0. The lowest BCUT2D eigenvalue weighted by atomic mass is 10.1. The second-order valence-corrected chi connectivity index (χ2v) is 7.46. The summed E-state index contributed by atoms with van der Waals surface area (Å²) in [4.78, 5) is 22.3. The van der Waals surface area contributed by atoms with Gasteiger partial charge in [-0.3, -0.25) is 9.48 Å². The van der Waals surface area contributed by atoms with Gasteiger partial charge in [-0.1, -0.05) is 12.5 Å². The number of rotatable bonds is 4. The molecule has 9 heteroatoms. The molecular formula is C23H24N6O3. The number of ether oxygens (including phenoxy) is 2. The zero-order valence-corrected chi connectivity index (χ0v) is 18.3. The fourth-order valence-electron chi connectivity index (χ4n) is 3.86. The largest absolute Gasteiger partial charge is 0.481 e. The normalized spacial score (nSPS) is 15.3. The highest BCUT2D eigenvalue weighted by atomic mass is 16.5. The summed E-state index contributed by atoms with van der Waals surface area (Å²) < 4.78 is 12.4. The Bertz CT molecular complexity index is 1250. The Balaban J connectivity index is 1.80. The van der Waals surface area contributed by atoms with Gasteiger partial charge in [-0.2, -0.15) is 10.1 Å². The molecule has 4 heterocycles. The van der Waals surface area contributed by atoms with Crippen LogP contribution in [0.1, 0.15) is 29.3 Å². The number of nitrogens with zero attached hydrogens (tertiary/aromatic N) is 5. The van der Waals surface area contributed by atoms with Gasteiger partial charge >= 0.3 is 0 Å². The van der Waals surface area contributed by atoms with Gasteiger partial charge in [0, 0.05) is 37.0 Å². The quantitative estimate of drug-likeness (QED) is 0.497. The second kappa shape index (κ2) is 8.59. The van der Waals surface area contributed by atoms with Gasteiger partial charge in [0.25, 0.3) is 0 Å². The van der Waals surface area contributed by atoms with Crippen LogP contribution in [0.4, 0.5) is 5.82 Å². The molecule has 0 radical (unpaired) electrons. The van der Waals surface area contributed by atoms with Crippen LogP contribution in [-0.2, 0) is 4.79 Å². The number of hydrogen-bond donors (Lipinski definition) is 1. The van der Waals surface area contributed by atoms with E-state index in [4.69, 9.17) is 20.3 Å². The zero-order chi connectivity index (χ0) is 22.8. The summed E-state index contributed by atoms with van der Waals surface area (Å²) in [6, 6.07) is 3.45. The molecule has 1 amide bonds. The number of likely N-dealkylation sites (tertiary alicyclic amines) is 1. The van der Waals surface area contributed by atoms with E-state index in [1.165, 1.54) is 20.3 Å². The van der Waals surface area contributed by atoms with Crippen LogP contribution in [0.25, 0.3) is 10.9 Å². The average Bonchev–Trinajstić information content (AvgIpc) is 3.45. The number of nitrogens with two attached hydrogens (primary N) is 1. The lowest BCUT2D eigenvalue weighted by molar-refractivity contribution is -0.125. The van der Waals surface area contributed by atoms with Crippen molar-refractivity contribution in [2.75, 3.05) is 33.0 Å². The number of methoxy groups -OCH3 is 2. The third-order valence-corrected chi connectivity index (χ3v) is 5.45. The highest BCUT2D eigenvalue weighted by Crippen LogP contribution is 2.31. The summed E-state index contributed by atoms with van der Waals surface area (Å²) in [5.41, 5.74) is 9.25. The molecule has 1 saturated heterocycles. The first-order valence-corrected chi connectivity index (χ1v) is 10.1. The summed E-state index contributed by atoms with van der Waals surface area (Å²) in [5, 5.41) is 5.50. The number of pyridine rings is 2. The van der Waals surface area contributed by atoms with Gasteiger partial charge < -0.3 is 20.1 Å². The molecule has 1 fully saturated rings. The van der Waals surface area contributed by atoms with E-state index >= 15 is 0 Å². The van der Waals surface area contributed by atoms with Crippen LogP contribution in [0.5, 0.6) is 11.8 Å². The molecule has 0 saturated carbocycles. The number of amides is 1. The number of carbonyl (C=O) groups is 1. The van der Waals surface area contributed by atoms with E-state index in [2.05, 4.69) is 28.4 Å². The van der Waals surface area contributed by atoms with Crippen molar-refractivity contribution in [2.45, 2.75) is 19.4 Å². The smallest absolute Gasteiger partial charge is 0.246 e. The van der Waals surface area contributed by atoms with Gasteiger partial charge in [-0.15, -0.1) is 0 Å². The van der Waals surface area contributed by atoms with Crippen molar-refractivity contribution in [3.63, 3.8) is 0 Å². The van der Waals surface area contributed by atoms with Crippen LogP contribution in [0.3, 0.4) is 0 Å². The van der Waals surface area contributed by atoms with Crippen molar-refractivity contribution in [3.05, 3.63) is 47.8 Å². The third kappa shape index (κ3) is 3.83. The predicted molar refractivity (Wildman–Crippen MR) is 120 cm³/mol. The first kappa shape index (κ1) is 21.2. The Morgan fingerprint density at radius 1 is 1.28 bits per heavy atom. The Labute approximate surface area is 185 Å². The molecular weight excluding hydrogens is 408 g/mol. The number of aromatic nitrogens is 4. The Morgan fingerprint density at radius 3 is 2.66 bits per heavy atom. The standard InChI is InChI=1S/C23H24N6O3/c1-5-20(30)28-9-8-16(13-28)29-22-14(2)12-25-23(24)21(22)17(27-29)7-6-15-10-18(31-3)26-19(11-15)32-4/h5,10-12,16H,1,8-9,13H2,2-4H3,(H2,24,25). The number of carbonyl (C=O) groups excluding carboxylic acids is 1. The van der Waals surface area contributed by atoms with Gasteiger partial charge in [0.2, 0.25) is 17.7 Å². The van der Waals surface area contributed by atoms with Crippen LogP contribution < -0.4 is 15.2 Å². The summed E-state index contributed by atoms with van der Waals surface area (Å²) in [5.74, 6) is 7.31. The van der Waals surface area contributed by atoms with Gasteiger partial charge in [0.05, 0.1) is 31.2 Å². The molecule has 0 spiro atoms. The van der Waals surface area contributed by atoms with E-state index in [1.807, 2.05) is 11.6 Å². The lowest BCUT2D eigenvalue weighted by Crippen LogP contribution is -2.27. The van der Waals surface area contributed by atoms with Crippen molar-refractivity contribution < 1.29 is 14.3 Å². The molecule has 3 aromatic heterocycles. The molecule has 164 valence electrons. The van der Waals surface area contributed by atoms with Gasteiger partial charge in [-0.25, -0.2) is 4.98 Å². The number of hydrogen-bond acceptors (Lipinski definition) is 7. The highest BCUT2D eigenvalue weighted by molar-refractivity contribution is 5.95. The topological polar surface area (TPSA) is 108 Å². The van der Waals surface area contributed by atoms with Gasteiger partial charge in [-0.05, 0) is 30.9 Å².